The summed E-state index contributed by atoms with van der Waals surface area (Å²) in [5.74, 6) is 0.676. The molecule has 7 heteroatoms. The molecular weight excluding hydrogens is 330 g/mol. The molecule has 7 nitrogen and oxygen atoms in total. The van der Waals surface area contributed by atoms with Crippen molar-refractivity contribution in [2.24, 2.45) is 5.10 Å². The van der Waals surface area contributed by atoms with E-state index in [0.717, 1.165) is 11.3 Å². The second-order valence-electron chi connectivity index (χ2n) is 5.51. The van der Waals surface area contributed by atoms with Crippen LogP contribution >= 0.6 is 0 Å². The van der Waals surface area contributed by atoms with Crippen LogP contribution in [-0.4, -0.2) is 32.8 Å². The zero-order valence-electron chi connectivity index (χ0n) is 14.0. The van der Waals surface area contributed by atoms with Gasteiger partial charge in [-0.15, -0.1) is 0 Å². The molecular formula is C19H15N5O2. The first-order chi connectivity index (χ1) is 12.8. The molecule has 4 aromatic rings. The van der Waals surface area contributed by atoms with Crippen LogP contribution in [0.25, 0.3) is 16.7 Å². The van der Waals surface area contributed by atoms with Crippen molar-refractivity contribution in [1.82, 2.24) is 19.4 Å². The molecule has 128 valence electrons. The number of methoxy groups -OCH3 is 1. The molecule has 0 fully saturated rings. The minimum Gasteiger partial charge on any atom is -0.496 e. The van der Waals surface area contributed by atoms with Crippen LogP contribution in [-0.2, 0) is 0 Å². The van der Waals surface area contributed by atoms with Gasteiger partial charge in [-0.3, -0.25) is 4.79 Å². The Hall–Kier alpha value is -3.74. The summed E-state index contributed by atoms with van der Waals surface area (Å²) in [7, 11) is 1.59. The summed E-state index contributed by atoms with van der Waals surface area (Å²) >= 11 is 0. The predicted octanol–water partition coefficient (Wildman–Crippen LogP) is 2.47. The van der Waals surface area contributed by atoms with Gasteiger partial charge in [-0.1, -0.05) is 30.3 Å². The SMILES string of the molecule is COc1ccccc1/C=N\n1cnc2c(cnn2-c2ccccc2)c1=O. The Morgan fingerprint density at radius 2 is 1.85 bits per heavy atom. The van der Waals surface area contributed by atoms with Gasteiger partial charge in [0.15, 0.2) is 5.65 Å². The number of rotatable bonds is 4. The van der Waals surface area contributed by atoms with Crippen LogP contribution in [0.5, 0.6) is 5.75 Å². The molecule has 0 unspecified atom stereocenters. The molecule has 2 heterocycles. The van der Waals surface area contributed by atoms with E-state index in [2.05, 4.69) is 15.2 Å². The van der Waals surface area contributed by atoms with E-state index in [0.29, 0.717) is 16.8 Å². The van der Waals surface area contributed by atoms with Gasteiger partial charge in [0.05, 0.1) is 25.2 Å². The van der Waals surface area contributed by atoms with Gasteiger partial charge in [-0.25, -0.2) is 9.67 Å². The Bertz CT molecular complexity index is 1150. The molecule has 0 atom stereocenters. The van der Waals surface area contributed by atoms with Crippen LogP contribution in [0.4, 0.5) is 0 Å². The Labute approximate surface area is 148 Å². The second-order valence-corrected chi connectivity index (χ2v) is 5.51. The van der Waals surface area contributed by atoms with Crippen molar-refractivity contribution in [3.05, 3.63) is 83.0 Å². The molecule has 0 N–H and O–H groups in total. The zero-order valence-corrected chi connectivity index (χ0v) is 14.0. The standard InChI is InChI=1S/C19H15N5O2/c1-26-17-10-6-5-7-14(17)11-21-23-13-20-18-16(19(23)25)12-22-24(18)15-8-3-2-4-9-15/h2-13H,1H3/b21-11-. The van der Waals surface area contributed by atoms with Gasteiger partial charge >= 0.3 is 0 Å². The highest BCUT2D eigenvalue weighted by molar-refractivity contribution is 5.83. The summed E-state index contributed by atoms with van der Waals surface area (Å²) in [5, 5.41) is 8.90. The molecule has 0 spiro atoms. The van der Waals surface area contributed by atoms with Gasteiger partial charge in [-0.2, -0.15) is 14.9 Å². The minimum atomic E-state index is -0.289. The van der Waals surface area contributed by atoms with E-state index < -0.39 is 0 Å². The van der Waals surface area contributed by atoms with Crippen LogP contribution in [0.3, 0.4) is 0 Å². The van der Waals surface area contributed by atoms with E-state index >= 15 is 0 Å². The number of para-hydroxylation sites is 2. The predicted molar refractivity (Wildman–Crippen MR) is 99.1 cm³/mol. The second kappa shape index (κ2) is 6.64. The van der Waals surface area contributed by atoms with Gasteiger partial charge in [0, 0.05) is 5.56 Å². The lowest BCUT2D eigenvalue weighted by Crippen LogP contribution is -2.17. The van der Waals surface area contributed by atoms with Crippen molar-refractivity contribution in [2.75, 3.05) is 7.11 Å². The molecule has 0 amide bonds. The van der Waals surface area contributed by atoms with E-state index in [1.807, 2.05) is 54.6 Å². The van der Waals surface area contributed by atoms with Crippen molar-refractivity contribution in [3.63, 3.8) is 0 Å². The Morgan fingerprint density at radius 1 is 1.08 bits per heavy atom. The third-order valence-corrected chi connectivity index (χ3v) is 3.93. The zero-order chi connectivity index (χ0) is 17.9. The third-order valence-electron chi connectivity index (χ3n) is 3.93. The Kier molecular flexibility index (Phi) is 4.03. The smallest absolute Gasteiger partial charge is 0.285 e. The Morgan fingerprint density at radius 3 is 2.65 bits per heavy atom. The number of benzene rings is 2. The maximum absolute atomic E-state index is 12.7. The topological polar surface area (TPSA) is 74.3 Å². The first-order valence-corrected chi connectivity index (χ1v) is 7.96. The number of hydrogen-bond donors (Lipinski definition) is 0. The average molecular weight is 345 g/mol. The fraction of sp³-hybridized carbons (Fsp3) is 0.0526. The van der Waals surface area contributed by atoms with E-state index in [-0.39, 0.29) is 5.56 Å². The van der Waals surface area contributed by atoms with Gasteiger partial charge in [0.1, 0.15) is 17.5 Å². The van der Waals surface area contributed by atoms with E-state index in [1.165, 1.54) is 17.2 Å². The van der Waals surface area contributed by atoms with Gasteiger partial charge in [-0.05, 0) is 24.3 Å². The van der Waals surface area contributed by atoms with Crippen LogP contribution in [0.2, 0.25) is 0 Å². The minimum absolute atomic E-state index is 0.289. The van der Waals surface area contributed by atoms with Gasteiger partial charge < -0.3 is 4.74 Å². The van der Waals surface area contributed by atoms with Crippen molar-refractivity contribution in [1.29, 1.82) is 0 Å². The lowest BCUT2D eigenvalue weighted by atomic mass is 10.2. The van der Waals surface area contributed by atoms with Gasteiger partial charge in [0.2, 0.25) is 0 Å². The van der Waals surface area contributed by atoms with Crippen molar-refractivity contribution in [2.45, 2.75) is 0 Å². The first kappa shape index (κ1) is 15.8. The summed E-state index contributed by atoms with van der Waals surface area (Å²) in [5.41, 5.74) is 1.81. The third kappa shape index (κ3) is 2.75. The van der Waals surface area contributed by atoms with Crippen molar-refractivity contribution >= 4 is 17.2 Å². The lowest BCUT2D eigenvalue weighted by Gasteiger charge is -2.04. The largest absolute Gasteiger partial charge is 0.496 e. The molecule has 4 rings (SSSR count). The van der Waals surface area contributed by atoms with E-state index in [4.69, 9.17) is 4.74 Å². The normalized spacial score (nSPS) is 11.3. The van der Waals surface area contributed by atoms with E-state index in [1.54, 1.807) is 18.0 Å². The maximum atomic E-state index is 12.7. The molecule has 0 aliphatic carbocycles. The molecule has 0 radical (unpaired) electrons. The number of fused-ring (bicyclic) bond motifs is 1. The number of nitrogens with zero attached hydrogens (tertiary/aromatic N) is 5. The quantitative estimate of drug-likeness (QED) is 0.533. The average Bonchev–Trinajstić information content (AvgIpc) is 3.13. The van der Waals surface area contributed by atoms with Crippen LogP contribution < -0.4 is 10.3 Å². The molecule has 0 saturated heterocycles. The Balaban J connectivity index is 1.75. The highest BCUT2D eigenvalue weighted by atomic mass is 16.5. The molecule has 0 aliphatic heterocycles. The summed E-state index contributed by atoms with van der Waals surface area (Å²) < 4.78 is 8.10. The van der Waals surface area contributed by atoms with Crippen molar-refractivity contribution < 1.29 is 4.74 Å². The summed E-state index contributed by atoms with van der Waals surface area (Å²) in [6.45, 7) is 0. The molecule has 2 aromatic carbocycles. The summed E-state index contributed by atoms with van der Waals surface area (Å²) in [4.78, 5) is 17.0. The van der Waals surface area contributed by atoms with Crippen LogP contribution in [0, 0.1) is 0 Å². The highest BCUT2D eigenvalue weighted by Gasteiger charge is 2.11. The summed E-state index contributed by atoms with van der Waals surface area (Å²) in [6, 6.07) is 17.0. The molecule has 2 aromatic heterocycles. The fourth-order valence-corrected chi connectivity index (χ4v) is 2.64. The number of aromatic nitrogens is 4. The summed E-state index contributed by atoms with van der Waals surface area (Å²) in [6.07, 6.45) is 4.46. The van der Waals surface area contributed by atoms with Crippen LogP contribution in [0.1, 0.15) is 5.56 Å². The van der Waals surface area contributed by atoms with Gasteiger partial charge in [0.25, 0.3) is 5.56 Å². The molecule has 0 bridgehead atoms. The number of hydrogen-bond acceptors (Lipinski definition) is 5. The number of ether oxygens (including phenoxy) is 1. The molecule has 0 aliphatic rings. The molecule has 0 saturated carbocycles. The lowest BCUT2D eigenvalue weighted by molar-refractivity contribution is 0.414. The van der Waals surface area contributed by atoms with Crippen molar-refractivity contribution in [3.8, 4) is 11.4 Å². The monoisotopic (exact) mass is 345 g/mol. The maximum Gasteiger partial charge on any atom is 0.285 e. The van der Waals surface area contributed by atoms with E-state index in [9.17, 15) is 4.79 Å². The highest BCUT2D eigenvalue weighted by Crippen LogP contribution is 2.15. The molecule has 26 heavy (non-hydrogen) atoms. The fourth-order valence-electron chi connectivity index (χ4n) is 2.64. The first-order valence-electron chi connectivity index (χ1n) is 7.96. The van der Waals surface area contributed by atoms with Crippen LogP contribution in [0.15, 0.2) is 77.0 Å².